The highest BCUT2D eigenvalue weighted by molar-refractivity contribution is 8.13. The van der Waals surface area contributed by atoms with Crippen molar-refractivity contribution in [3.05, 3.63) is 24.3 Å². The lowest BCUT2D eigenvalue weighted by Gasteiger charge is -2.23. The molecule has 0 spiro atoms. The molecule has 0 rings (SSSR count). The van der Waals surface area contributed by atoms with E-state index >= 15 is 0 Å². The third-order valence-corrected chi connectivity index (χ3v) is 17.6. The summed E-state index contributed by atoms with van der Waals surface area (Å²) in [5.74, 6) is 1.15. The Kier molecular flexibility index (Phi) is 84.0. The molecule has 12 nitrogen and oxygen atoms in total. The molecule has 0 atom stereocenters. The third kappa shape index (κ3) is 80.3. The van der Waals surface area contributed by atoms with E-state index in [0.29, 0.717) is 64.2 Å². The largest absolute Gasteiger partial charge is 0.462 e. The van der Waals surface area contributed by atoms with Crippen molar-refractivity contribution in [2.24, 2.45) is 0 Å². The highest BCUT2D eigenvalue weighted by Crippen LogP contribution is 2.21. The van der Waals surface area contributed by atoms with Crippen molar-refractivity contribution >= 4 is 65.9 Å². The first-order valence-electron chi connectivity index (χ1n) is 38.6. The van der Waals surface area contributed by atoms with Crippen molar-refractivity contribution in [3.8, 4) is 0 Å². The lowest BCUT2D eigenvalue weighted by molar-refractivity contribution is -0.151. The number of carbonyl (C=O) groups excluding carboxylic acids is 5. The number of hydrogen-bond donors (Lipinski definition) is 1. The molecule has 0 saturated carbocycles. The zero-order valence-corrected chi connectivity index (χ0v) is 65.1. The summed E-state index contributed by atoms with van der Waals surface area (Å²) >= 11 is 5.32. The molecule has 0 bridgehead atoms. The standard InChI is InChI=1S/C39H74N2O5S.C35H66O4.C4H11NS.ClH/c1-6-9-12-15-18-21-24-34-45-37(42)29-25-31-41(39(44)47-35-33-40(4)5)32-26-30-38(43)46-36(27-22-19-16-13-10-7-2)28-23-20-17-14-11-8-3;1-4-7-10-13-16-22-27-32-38-34(36)30-25-20-17-21-26-31-35(37)39-33(28-23-18-14-11-8-5-2)29-24-19-15-12-9-6-3;1-5(2)3-4-6;/h21,24,36H,6-20,22-23,25-35H2,1-5H3;22,27,33H,4-21,23-26,28-32H2,1-3H3;6H,3-4H2,1-2H3;1H/b24-21-;27-22-;;. The SMILES string of the molecule is CCCCCC/C=C\COC(=O)CCCCCCCC(=O)OC(CCCCCCCC)CCCCCCCC.CCCCCC/C=C\COC(=O)CCCN(CCCC(=O)OC(CCCCCCCC)CCCCCCCC)C(=O)SCCN(C)C.CN(C)CCS.Cl. The molecular formula is C78H152ClN3O9S2. The van der Waals surface area contributed by atoms with E-state index in [0.717, 1.165) is 102 Å². The first-order chi connectivity index (χ1) is 44.7. The van der Waals surface area contributed by atoms with Gasteiger partial charge in [0.25, 0.3) is 5.24 Å². The van der Waals surface area contributed by atoms with Crippen LogP contribution in [0.25, 0.3) is 0 Å². The highest BCUT2D eigenvalue weighted by Gasteiger charge is 2.19. The smallest absolute Gasteiger partial charge is 0.306 e. The minimum atomic E-state index is -0.237. The Morgan fingerprint density at radius 1 is 0.355 bits per heavy atom. The Morgan fingerprint density at radius 3 is 0.968 bits per heavy atom. The van der Waals surface area contributed by atoms with Crippen molar-refractivity contribution in [3.63, 3.8) is 0 Å². The van der Waals surface area contributed by atoms with E-state index in [1.165, 1.54) is 204 Å². The number of nitrogens with zero attached hydrogens (tertiary/aromatic N) is 3. The van der Waals surface area contributed by atoms with E-state index < -0.39 is 0 Å². The number of hydrogen-bond acceptors (Lipinski definition) is 13. The maximum absolute atomic E-state index is 13.0. The van der Waals surface area contributed by atoms with Crippen LogP contribution in [0.15, 0.2) is 24.3 Å². The van der Waals surface area contributed by atoms with E-state index in [1.807, 2.05) is 40.3 Å². The average molecular weight is 1380 g/mol. The van der Waals surface area contributed by atoms with Gasteiger partial charge in [-0.25, -0.2) is 0 Å². The van der Waals surface area contributed by atoms with E-state index in [4.69, 9.17) is 18.9 Å². The van der Waals surface area contributed by atoms with Gasteiger partial charge in [0.05, 0.1) is 0 Å². The minimum Gasteiger partial charge on any atom is -0.462 e. The molecule has 0 unspecified atom stereocenters. The van der Waals surface area contributed by atoms with Gasteiger partial charge in [-0.3, -0.25) is 24.0 Å². The topological polar surface area (TPSA) is 132 Å². The average Bonchev–Trinajstić information content (AvgIpc) is 3.72. The van der Waals surface area contributed by atoms with Gasteiger partial charge in [-0.05, 0) is 131 Å². The van der Waals surface area contributed by atoms with Gasteiger partial charge in [0.15, 0.2) is 0 Å². The Morgan fingerprint density at radius 2 is 0.645 bits per heavy atom. The Balaban J connectivity index is -0.000000784. The molecule has 552 valence electrons. The number of rotatable bonds is 65. The van der Waals surface area contributed by atoms with Gasteiger partial charge >= 0.3 is 23.9 Å². The van der Waals surface area contributed by atoms with Crippen LogP contribution in [0.2, 0.25) is 0 Å². The van der Waals surface area contributed by atoms with Crippen molar-refractivity contribution in [2.75, 3.05) is 79.1 Å². The van der Waals surface area contributed by atoms with Crippen LogP contribution in [0.3, 0.4) is 0 Å². The van der Waals surface area contributed by atoms with Gasteiger partial charge in [-0.2, -0.15) is 12.6 Å². The molecule has 0 aliphatic heterocycles. The molecule has 0 saturated heterocycles. The molecule has 93 heavy (non-hydrogen) atoms. The van der Waals surface area contributed by atoms with Crippen molar-refractivity contribution in [1.82, 2.24) is 14.7 Å². The number of thiol groups is 1. The van der Waals surface area contributed by atoms with Gasteiger partial charge in [0, 0.05) is 63.4 Å². The van der Waals surface area contributed by atoms with E-state index in [2.05, 4.69) is 76.1 Å². The van der Waals surface area contributed by atoms with Gasteiger partial charge in [-0.15, -0.1) is 12.4 Å². The molecule has 1 amide bonds. The predicted octanol–water partition coefficient (Wildman–Crippen LogP) is 22.8. The molecule has 0 aromatic heterocycles. The number of amides is 1. The van der Waals surface area contributed by atoms with E-state index in [9.17, 15) is 24.0 Å². The van der Waals surface area contributed by atoms with Crippen LogP contribution < -0.4 is 0 Å². The minimum absolute atomic E-state index is 0. The second-order valence-corrected chi connectivity index (χ2v) is 27.9. The summed E-state index contributed by atoms with van der Waals surface area (Å²) < 4.78 is 22.6. The molecule has 0 radical (unpaired) electrons. The summed E-state index contributed by atoms with van der Waals surface area (Å²) in [6.45, 7) is 17.0. The molecule has 0 fully saturated rings. The van der Waals surface area contributed by atoms with Gasteiger partial charge < -0.3 is 33.6 Å². The van der Waals surface area contributed by atoms with Crippen LogP contribution in [0.1, 0.15) is 356 Å². The van der Waals surface area contributed by atoms with Gasteiger partial charge in [0.1, 0.15) is 25.4 Å². The number of carbonyl (C=O) groups is 5. The number of thioether (sulfide) groups is 1. The summed E-state index contributed by atoms with van der Waals surface area (Å²) in [6, 6.07) is 0. The van der Waals surface area contributed by atoms with Crippen molar-refractivity contribution < 1.29 is 42.9 Å². The molecular weight excluding hydrogens is 1220 g/mol. The first-order valence-corrected chi connectivity index (χ1v) is 40.2. The fourth-order valence-corrected chi connectivity index (χ4v) is 12.0. The van der Waals surface area contributed by atoms with Crippen LogP contribution in [-0.2, 0) is 38.1 Å². The van der Waals surface area contributed by atoms with Crippen LogP contribution in [0, 0.1) is 0 Å². The summed E-state index contributed by atoms with van der Waals surface area (Å²) in [5.41, 5.74) is 0. The summed E-state index contributed by atoms with van der Waals surface area (Å²) in [7, 11) is 8.06. The summed E-state index contributed by atoms with van der Waals surface area (Å²) in [4.78, 5) is 68.6. The Labute approximate surface area is 591 Å². The van der Waals surface area contributed by atoms with Gasteiger partial charge in [0.2, 0.25) is 0 Å². The molecule has 0 aliphatic carbocycles. The lowest BCUT2D eigenvalue weighted by Crippen LogP contribution is -2.31. The third-order valence-electron chi connectivity index (χ3n) is 16.5. The number of halogens is 1. The molecule has 15 heteroatoms. The summed E-state index contributed by atoms with van der Waals surface area (Å²) in [5, 5.41) is 0.00335. The van der Waals surface area contributed by atoms with E-state index in [-0.39, 0.29) is 60.2 Å². The Hall–Kier alpha value is -2.26. The molecule has 0 aromatic carbocycles. The van der Waals surface area contributed by atoms with Crippen molar-refractivity contribution in [1.29, 1.82) is 0 Å². The first kappa shape index (κ1) is 97.1. The lowest BCUT2D eigenvalue weighted by atomic mass is 10.0. The molecule has 0 aliphatic rings. The number of allylic oxidation sites excluding steroid dienone is 2. The van der Waals surface area contributed by atoms with Crippen LogP contribution in [-0.4, -0.2) is 135 Å². The highest BCUT2D eigenvalue weighted by atomic mass is 35.5. The van der Waals surface area contributed by atoms with Gasteiger partial charge in [-0.1, -0.05) is 264 Å². The second kappa shape index (κ2) is 80.4. The summed E-state index contributed by atoms with van der Waals surface area (Å²) in [6.07, 6.45) is 61.9. The normalized spacial score (nSPS) is 11.3. The van der Waals surface area contributed by atoms with Crippen LogP contribution >= 0.6 is 36.8 Å². The molecule has 0 aromatic rings. The fraction of sp³-hybridized carbons (Fsp3) is 0.885. The maximum Gasteiger partial charge on any atom is 0.306 e. The maximum atomic E-state index is 13.0. The van der Waals surface area contributed by atoms with E-state index in [1.54, 1.807) is 4.90 Å². The van der Waals surface area contributed by atoms with Crippen LogP contribution in [0.5, 0.6) is 0 Å². The molecule has 0 heterocycles. The number of esters is 4. The zero-order valence-electron chi connectivity index (χ0n) is 62.5. The fourth-order valence-electron chi connectivity index (χ4n) is 10.6. The molecule has 0 N–H and O–H groups in total. The zero-order chi connectivity index (χ0) is 68.4. The van der Waals surface area contributed by atoms with Crippen molar-refractivity contribution in [2.45, 2.75) is 368 Å². The Bertz CT molecular complexity index is 1630. The second-order valence-electron chi connectivity index (χ2n) is 26.4. The number of unbranched alkanes of at least 4 members (excludes halogenated alkanes) is 32. The van der Waals surface area contributed by atoms with Crippen LogP contribution in [0.4, 0.5) is 4.79 Å². The quantitative estimate of drug-likeness (QED) is 0.0204. The number of ether oxygens (including phenoxy) is 4. The monoisotopic (exact) mass is 1370 g/mol. The predicted molar refractivity (Wildman–Crippen MR) is 408 cm³/mol.